The highest BCUT2D eigenvalue weighted by molar-refractivity contribution is 6.31. The molecule has 0 spiro atoms. The van der Waals surface area contributed by atoms with Gasteiger partial charge in [0.05, 0.1) is 16.8 Å². The fourth-order valence-electron chi connectivity index (χ4n) is 1.71. The molecule has 0 aromatic heterocycles. The van der Waals surface area contributed by atoms with E-state index in [1.54, 1.807) is 0 Å². The Morgan fingerprint density at radius 3 is 2.43 bits per heavy atom. The molecule has 4 N–H and O–H groups in total. The molecule has 108 valence electrons. The molecule has 2 aromatic carbocycles. The first-order valence-electron chi connectivity index (χ1n) is 5.75. The van der Waals surface area contributed by atoms with E-state index in [-0.39, 0.29) is 21.8 Å². The number of rotatable bonds is 3. The molecule has 0 radical (unpaired) electrons. The molecule has 0 fully saturated rings. The van der Waals surface area contributed by atoms with Gasteiger partial charge in [-0.15, -0.1) is 0 Å². The van der Waals surface area contributed by atoms with Crippen LogP contribution in [0.4, 0.5) is 5.69 Å². The van der Waals surface area contributed by atoms with Gasteiger partial charge in [0.2, 0.25) is 0 Å². The van der Waals surface area contributed by atoms with Crippen LogP contribution in [0.25, 0.3) is 0 Å². The Kier molecular flexibility index (Phi) is 4.00. The third kappa shape index (κ3) is 3.06. The summed E-state index contributed by atoms with van der Waals surface area (Å²) >= 11 is 5.71. The highest BCUT2D eigenvalue weighted by atomic mass is 35.5. The van der Waals surface area contributed by atoms with Crippen molar-refractivity contribution in [1.82, 2.24) is 0 Å². The van der Waals surface area contributed by atoms with E-state index in [0.717, 1.165) is 0 Å². The van der Waals surface area contributed by atoms with Gasteiger partial charge in [-0.25, -0.2) is 4.79 Å². The second-order valence-corrected chi connectivity index (χ2v) is 4.56. The standard InChI is InChI=1S/C14H10ClNO5/c15-7-4-5-10(9(6-7)14(20)21)16-13(19)8-2-1-3-11(17)12(8)18/h1-6,17-18H,(H,16,19)(H,20,21). The molecule has 0 aliphatic heterocycles. The number of carboxylic acids is 1. The van der Waals surface area contributed by atoms with Crippen molar-refractivity contribution in [1.29, 1.82) is 0 Å². The molecular formula is C14H10ClNO5. The van der Waals surface area contributed by atoms with Gasteiger partial charge in [-0.2, -0.15) is 0 Å². The zero-order valence-electron chi connectivity index (χ0n) is 10.5. The maximum Gasteiger partial charge on any atom is 0.337 e. The van der Waals surface area contributed by atoms with Crippen LogP contribution in [0.5, 0.6) is 11.5 Å². The van der Waals surface area contributed by atoms with Crippen LogP contribution in [0.1, 0.15) is 20.7 Å². The van der Waals surface area contributed by atoms with Gasteiger partial charge in [0.1, 0.15) is 0 Å². The first-order valence-corrected chi connectivity index (χ1v) is 6.13. The fourth-order valence-corrected chi connectivity index (χ4v) is 1.88. The van der Waals surface area contributed by atoms with Gasteiger partial charge in [0.25, 0.3) is 5.91 Å². The second-order valence-electron chi connectivity index (χ2n) is 4.12. The summed E-state index contributed by atoms with van der Waals surface area (Å²) < 4.78 is 0. The lowest BCUT2D eigenvalue weighted by atomic mass is 10.1. The quantitative estimate of drug-likeness (QED) is 0.652. The van der Waals surface area contributed by atoms with Crippen LogP contribution in [0.3, 0.4) is 0 Å². The number of phenolic OH excluding ortho intramolecular Hbond substituents is 2. The highest BCUT2D eigenvalue weighted by Crippen LogP contribution is 2.29. The van der Waals surface area contributed by atoms with E-state index in [1.807, 2.05) is 0 Å². The summed E-state index contributed by atoms with van der Waals surface area (Å²) in [6, 6.07) is 7.85. The lowest BCUT2D eigenvalue weighted by molar-refractivity contribution is 0.0698. The van der Waals surface area contributed by atoms with Crippen molar-refractivity contribution in [2.75, 3.05) is 5.32 Å². The molecule has 0 atom stereocenters. The summed E-state index contributed by atoms with van der Waals surface area (Å²) in [5, 5.41) is 30.6. The summed E-state index contributed by atoms with van der Waals surface area (Å²) in [4.78, 5) is 23.2. The molecule has 7 heteroatoms. The average Bonchev–Trinajstić information content (AvgIpc) is 2.43. The molecule has 0 bridgehead atoms. The molecule has 0 saturated carbocycles. The SMILES string of the molecule is O=C(O)c1cc(Cl)ccc1NC(=O)c1cccc(O)c1O. The smallest absolute Gasteiger partial charge is 0.337 e. The van der Waals surface area contributed by atoms with Gasteiger partial charge >= 0.3 is 5.97 Å². The largest absolute Gasteiger partial charge is 0.504 e. The van der Waals surface area contributed by atoms with Crippen molar-refractivity contribution in [3.63, 3.8) is 0 Å². The number of aromatic carboxylic acids is 1. The summed E-state index contributed by atoms with van der Waals surface area (Å²) in [6.07, 6.45) is 0. The molecule has 0 aliphatic carbocycles. The maximum atomic E-state index is 12.0. The zero-order chi connectivity index (χ0) is 15.6. The monoisotopic (exact) mass is 307 g/mol. The molecule has 21 heavy (non-hydrogen) atoms. The predicted molar refractivity (Wildman–Crippen MR) is 76.1 cm³/mol. The third-order valence-electron chi connectivity index (χ3n) is 2.72. The van der Waals surface area contributed by atoms with Crippen LogP contribution >= 0.6 is 11.6 Å². The number of nitrogens with one attached hydrogen (secondary N) is 1. The number of carboxylic acid groups (broad SMARTS) is 1. The van der Waals surface area contributed by atoms with E-state index < -0.39 is 23.4 Å². The summed E-state index contributed by atoms with van der Waals surface area (Å²) in [7, 11) is 0. The minimum absolute atomic E-state index is 0.0274. The van der Waals surface area contributed by atoms with Gasteiger partial charge in [0, 0.05) is 5.02 Å². The van der Waals surface area contributed by atoms with E-state index >= 15 is 0 Å². The van der Waals surface area contributed by atoms with Crippen LogP contribution in [-0.2, 0) is 0 Å². The van der Waals surface area contributed by atoms with Crippen LogP contribution in [0.2, 0.25) is 5.02 Å². The Morgan fingerprint density at radius 1 is 1.05 bits per heavy atom. The molecule has 0 unspecified atom stereocenters. The molecule has 0 saturated heterocycles. The second kappa shape index (κ2) is 5.72. The Morgan fingerprint density at radius 2 is 1.76 bits per heavy atom. The van der Waals surface area contributed by atoms with Crippen molar-refractivity contribution >= 4 is 29.2 Å². The van der Waals surface area contributed by atoms with Crippen LogP contribution < -0.4 is 5.32 Å². The fraction of sp³-hybridized carbons (Fsp3) is 0. The van der Waals surface area contributed by atoms with E-state index in [2.05, 4.69) is 5.32 Å². The number of carbonyl (C=O) groups is 2. The number of hydrogen-bond acceptors (Lipinski definition) is 4. The number of phenols is 2. The molecule has 0 aliphatic rings. The van der Waals surface area contributed by atoms with Crippen molar-refractivity contribution in [2.24, 2.45) is 0 Å². The number of halogens is 1. The number of aromatic hydroxyl groups is 2. The summed E-state index contributed by atoms with van der Waals surface area (Å²) in [6.45, 7) is 0. The van der Waals surface area contributed by atoms with Crippen LogP contribution in [-0.4, -0.2) is 27.2 Å². The molecule has 2 aromatic rings. The van der Waals surface area contributed by atoms with Gasteiger partial charge in [-0.05, 0) is 30.3 Å². The topological polar surface area (TPSA) is 107 Å². The molecule has 2 rings (SSSR count). The minimum atomic E-state index is -1.26. The number of para-hydroxylation sites is 1. The van der Waals surface area contributed by atoms with Crippen LogP contribution in [0.15, 0.2) is 36.4 Å². The Hall–Kier alpha value is -2.73. The third-order valence-corrected chi connectivity index (χ3v) is 2.95. The highest BCUT2D eigenvalue weighted by Gasteiger charge is 2.17. The normalized spacial score (nSPS) is 10.1. The Bertz CT molecular complexity index is 729. The number of carbonyl (C=O) groups excluding carboxylic acids is 1. The molecule has 1 amide bonds. The van der Waals surface area contributed by atoms with E-state index in [4.69, 9.17) is 16.7 Å². The maximum absolute atomic E-state index is 12.0. The Balaban J connectivity index is 2.36. The number of anilines is 1. The number of amides is 1. The number of hydrogen-bond donors (Lipinski definition) is 4. The van der Waals surface area contributed by atoms with Crippen LogP contribution in [0, 0.1) is 0 Å². The number of benzene rings is 2. The summed E-state index contributed by atoms with van der Waals surface area (Å²) in [5.41, 5.74) is -0.337. The van der Waals surface area contributed by atoms with Gasteiger partial charge < -0.3 is 20.6 Å². The molecule has 6 nitrogen and oxygen atoms in total. The Labute approximate surface area is 124 Å². The average molecular weight is 308 g/mol. The van der Waals surface area contributed by atoms with E-state index in [0.29, 0.717) is 0 Å². The van der Waals surface area contributed by atoms with Gasteiger partial charge in [-0.1, -0.05) is 17.7 Å². The lowest BCUT2D eigenvalue weighted by Gasteiger charge is -2.10. The summed E-state index contributed by atoms with van der Waals surface area (Å²) in [5.74, 6) is -3.04. The van der Waals surface area contributed by atoms with Crippen molar-refractivity contribution in [3.8, 4) is 11.5 Å². The van der Waals surface area contributed by atoms with E-state index in [9.17, 15) is 19.8 Å². The lowest BCUT2D eigenvalue weighted by Crippen LogP contribution is -2.15. The van der Waals surface area contributed by atoms with Gasteiger partial charge in [-0.3, -0.25) is 4.79 Å². The van der Waals surface area contributed by atoms with Crippen molar-refractivity contribution in [3.05, 3.63) is 52.5 Å². The predicted octanol–water partition coefficient (Wildman–Crippen LogP) is 2.70. The van der Waals surface area contributed by atoms with Crippen molar-refractivity contribution in [2.45, 2.75) is 0 Å². The zero-order valence-corrected chi connectivity index (χ0v) is 11.3. The molecule has 0 heterocycles. The van der Waals surface area contributed by atoms with Crippen molar-refractivity contribution < 1.29 is 24.9 Å². The first-order chi connectivity index (χ1) is 9.90. The van der Waals surface area contributed by atoms with E-state index in [1.165, 1.54) is 36.4 Å². The first kappa shape index (κ1) is 14.7. The molecular weight excluding hydrogens is 298 g/mol. The van der Waals surface area contributed by atoms with Gasteiger partial charge in [0.15, 0.2) is 11.5 Å². The minimum Gasteiger partial charge on any atom is -0.504 e.